The zero-order chi connectivity index (χ0) is 24.7. The number of carbonyl (C=O) groups is 1. The van der Waals surface area contributed by atoms with Crippen LogP contribution in [0.5, 0.6) is 23.0 Å². The molecule has 10 heteroatoms. The molecule has 0 N–H and O–H groups in total. The van der Waals surface area contributed by atoms with Crippen molar-refractivity contribution in [1.82, 2.24) is 9.80 Å². The summed E-state index contributed by atoms with van der Waals surface area (Å²) in [6, 6.07) is 9.55. The predicted molar refractivity (Wildman–Crippen MR) is 119 cm³/mol. The van der Waals surface area contributed by atoms with Crippen LogP contribution in [-0.4, -0.2) is 69.6 Å². The Morgan fingerprint density at radius 3 is 1.97 bits per heavy atom. The molecule has 34 heavy (non-hydrogen) atoms. The Kier molecular flexibility index (Phi) is 8.49. The Bertz CT molecular complexity index is 933. The van der Waals surface area contributed by atoms with Crippen molar-refractivity contribution in [2.24, 2.45) is 0 Å². The molecule has 0 spiro atoms. The molecule has 0 bridgehead atoms. The van der Waals surface area contributed by atoms with Crippen molar-refractivity contribution in [1.29, 1.82) is 0 Å². The van der Waals surface area contributed by atoms with Gasteiger partial charge in [-0.25, -0.2) is 0 Å². The van der Waals surface area contributed by atoms with Gasteiger partial charge in [-0.3, -0.25) is 9.69 Å². The molecular formula is C24H29F3N2O5. The third-order valence-corrected chi connectivity index (χ3v) is 5.64. The Morgan fingerprint density at radius 1 is 0.882 bits per heavy atom. The molecule has 1 amide bonds. The lowest BCUT2D eigenvalue weighted by atomic mass is 10.1. The van der Waals surface area contributed by atoms with E-state index in [2.05, 4.69) is 9.64 Å². The molecule has 2 aromatic carbocycles. The molecule has 0 radical (unpaired) electrons. The first kappa shape index (κ1) is 25.5. The molecule has 1 aliphatic heterocycles. The van der Waals surface area contributed by atoms with Gasteiger partial charge in [-0.15, -0.1) is 13.2 Å². The standard InChI is InChI=1S/C24H29F3N2O5/c1-31-20-14-18(15-21(32-2)23(20)33-3)6-9-22(30)29-12-10-28(11-13-29)16-17-4-7-19(8-5-17)34-24(25,26)27/h4-5,7-8,14-15H,6,9-13,16H2,1-3H3. The highest BCUT2D eigenvalue weighted by atomic mass is 19.4. The minimum atomic E-state index is -4.70. The molecule has 1 heterocycles. The summed E-state index contributed by atoms with van der Waals surface area (Å²) < 4.78 is 56.8. The number of halogens is 3. The topological polar surface area (TPSA) is 60.5 Å². The predicted octanol–water partition coefficient (Wildman–Crippen LogP) is 3.89. The molecule has 3 rings (SSSR count). The molecular weight excluding hydrogens is 453 g/mol. The van der Waals surface area contributed by atoms with Crippen molar-refractivity contribution in [2.45, 2.75) is 25.7 Å². The van der Waals surface area contributed by atoms with Crippen LogP contribution < -0.4 is 18.9 Å². The lowest BCUT2D eigenvalue weighted by Crippen LogP contribution is -2.48. The van der Waals surface area contributed by atoms with Crippen LogP contribution in [0.4, 0.5) is 13.2 Å². The fourth-order valence-corrected chi connectivity index (χ4v) is 3.90. The van der Waals surface area contributed by atoms with Gasteiger partial charge in [0.25, 0.3) is 0 Å². The third kappa shape index (κ3) is 6.93. The highest BCUT2D eigenvalue weighted by Crippen LogP contribution is 2.38. The van der Waals surface area contributed by atoms with E-state index >= 15 is 0 Å². The Morgan fingerprint density at radius 2 is 1.47 bits per heavy atom. The molecule has 0 atom stereocenters. The van der Waals surface area contributed by atoms with Crippen LogP contribution >= 0.6 is 0 Å². The zero-order valence-electron chi connectivity index (χ0n) is 19.5. The van der Waals surface area contributed by atoms with Crippen molar-refractivity contribution in [3.8, 4) is 23.0 Å². The first-order valence-electron chi connectivity index (χ1n) is 10.9. The average Bonchev–Trinajstić information content (AvgIpc) is 2.82. The van der Waals surface area contributed by atoms with Gasteiger partial charge in [-0.05, 0) is 41.8 Å². The number of nitrogens with zero attached hydrogens (tertiary/aromatic N) is 2. The molecule has 0 aromatic heterocycles. The summed E-state index contributed by atoms with van der Waals surface area (Å²) in [5, 5.41) is 0. The summed E-state index contributed by atoms with van der Waals surface area (Å²) in [4.78, 5) is 16.7. The monoisotopic (exact) mass is 482 g/mol. The highest BCUT2D eigenvalue weighted by Gasteiger charge is 2.31. The maximum absolute atomic E-state index is 12.7. The van der Waals surface area contributed by atoms with Gasteiger partial charge in [-0.1, -0.05) is 12.1 Å². The number of alkyl halides is 3. The minimum Gasteiger partial charge on any atom is -0.493 e. The van der Waals surface area contributed by atoms with Crippen molar-refractivity contribution in [3.63, 3.8) is 0 Å². The number of rotatable bonds is 9. The van der Waals surface area contributed by atoms with Crippen LogP contribution in [0.3, 0.4) is 0 Å². The minimum absolute atomic E-state index is 0.0713. The second-order valence-electron chi connectivity index (χ2n) is 7.88. The Balaban J connectivity index is 1.48. The molecule has 1 fully saturated rings. The maximum atomic E-state index is 12.7. The number of hydrogen-bond donors (Lipinski definition) is 0. The zero-order valence-corrected chi connectivity index (χ0v) is 19.5. The summed E-state index contributed by atoms with van der Waals surface area (Å²) in [5.41, 5.74) is 1.80. The maximum Gasteiger partial charge on any atom is 0.573 e. The molecule has 0 aliphatic carbocycles. The van der Waals surface area contributed by atoms with Crippen molar-refractivity contribution >= 4 is 5.91 Å². The van der Waals surface area contributed by atoms with E-state index in [1.807, 2.05) is 17.0 Å². The van der Waals surface area contributed by atoms with Crippen molar-refractivity contribution in [3.05, 3.63) is 47.5 Å². The highest BCUT2D eigenvalue weighted by molar-refractivity contribution is 5.76. The van der Waals surface area contributed by atoms with Gasteiger partial charge < -0.3 is 23.8 Å². The number of ether oxygens (including phenoxy) is 4. The average molecular weight is 482 g/mol. The summed E-state index contributed by atoms with van der Waals surface area (Å²) in [5.74, 6) is 1.45. The van der Waals surface area contributed by atoms with Gasteiger partial charge in [0, 0.05) is 39.1 Å². The molecule has 2 aromatic rings. The van der Waals surface area contributed by atoms with Gasteiger partial charge in [-0.2, -0.15) is 0 Å². The van der Waals surface area contributed by atoms with Crippen molar-refractivity contribution < 1.29 is 36.9 Å². The SMILES string of the molecule is COc1cc(CCC(=O)N2CCN(Cc3ccc(OC(F)(F)F)cc3)CC2)cc(OC)c1OC. The lowest BCUT2D eigenvalue weighted by Gasteiger charge is -2.35. The number of aryl methyl sites for hydroxylation is 1. The van der Waals surface area contributed by atoms with Gasteiger partial charge in [0.1, 0.15) is 5.75 Å². The molecule has 1 saturated heterocycles. The number of amides is 1. The number of methoxy groups -OCH3 is 3. The van der Waals surface area contributed by atoms with Crippen LogP contribution in [0.1, 0.15) is 17.5 Å². The Labute approximate surface area is 196 Å². The lowest BCUT2D eigenvalue weighted by molar-refractivity contribution is -0.274. The van der Waals surface area contributed by atoms with E-state index in [-0.39, 0.29) is 11.7 Å². The number of hydrogen-bond acceptors (Lipinski definition) is 6. The van der Waals surface area contributed by atoms with E-state index in [1.54, 1.807) is 33.5 Å². The van der Waals surface area contributed by atoms with Crippen LogP contribution in [0, 0.1) is 0 Å². The molecule has 0 saturated carbocycles. The summed E-state index contributed by atoms with van der Waals surface area (Å²) in [6.07, 6.45) is -3.79. The largest absolute Gasteiger partial charge is 0.573 e. The fourth-order valence-electron chi connectivity index (χ4n) is 3.90. The van der Waals surface area contributed by atoms with Gasteiger partial charge in [0.05, 0.1) is 21.3 Å². The molecule has 7 nitrogen and oxygen atoms in total. The second-order valence-corrected chi connectivity index (χ2v) is 7.88. The van der Waals surface area contributed by atoms with E-state index in [4.69, 9.17) is 14.2 Å². The summed E-state index contributed by atoms with van der Waals surface area (Å²) >= 11 is 0. The number of benzene rings is 2. The second kappa shape index (κ2) is 11.3. The third-order valence-electron chi connectivity index (χ3n) is 5.64. The van der Waals surface area contributed by atoms with Crippen LogP contribution in [0.25, 0.3) is 0 Å². The number of carbonyl (C=O) groups excluding carboxylic acids is 1. The summed E-state index contributed by atoms with van der Waals surface area (Å²) in [6.45, 7) is 3.18. The fraction of sp³-hybridized carbons (Fsp3) is 0.458. The first-order chi connectivity index (χ1) is 16.2. The van der Waals surface area contributed by atoms with Crippen LogP contribution in [0.15, 0.2) is 36.4 Å². The van der Waals surface area contributed by atoms with E-state index in [0.29, 0.717) is 62.8 Å². The molecule has 1 aliphatic rings. The molecule has 186 valence electrons. The quantitative estimate of drug-likeness (QED) is 0.541. The smallest absolute Gasteiger partial charge is 0.493 e. The van der Waals surface area contributed by atoms with E-state index < -0.39 is 6.36 Å². The van der Waals surface area contributed by atoms with Gasteiger partial charge in [0.2, 0.25) is 11.7 Å². The van der Waals surface area contributed by atoms with E-state index in [1.165, 1.54) is 12.1 Å². The van der Waals surface area contributed by atoms with Gasteiger partial charge >= 0.3 is 6.36 Å². The number of piperazine rings is 1. The normalized spacial score (nSPS) is 14.6. The van der Waals surface area contributed by atoms with Crippen LogP contribution in [-0.2, 0) is 17.8 Å². The van der Waals surface area contributed by atoms with E-state index in [0.717, 1.165) is 11.1 Å². The van der Waals surface area contributed by atoms with Crippen molar-refractivity contribution in [2.75, 3.05) is 47.5 Å². The van der Waals surface area contributed by atoms with E-state index in [9.17, 15) is 18.0 Å². The van der Waals surface area contributed by atoms with Crippen LogP contribution in [0.2, 0.25) is 0 Å². The first-order valence-corrected chi connectivity index (χ1v) is 10.9. The van der Waals surface area contributed by atoms with Gasteiger partial charge in [0.15, 0.2) is 11.5 Å². The summed E-state index contributed by atoms with van der Waals surface area (Å²) in [7, 11) is 4.65. The molecule has 0 unspecified atom stereocenters. The Hall–Kier alpha value is -3.14.